The van der Waals surface area contributed by atoms with Gasteiger partial charge in [0, 0.05) is 18.3 Å². The normalized spacial score (nSPS) is 15.3. The molecular weight excluding hydrogens is 302 g/mol. The number of aromatic nitrogens is 1. The van der Waals surface area contributed by atoms with Gasteiger partial charge >= 0.3 is 0 Å². The van der Waals surface area contributed by atoms with E-state index in [9.17, 15) is 10.1 Å². The molecule has 3 rings (SSSR count). The van der Waals surface area contributed by atoms with E-state index in [0.29, 0.717) is 0 Å². The molecule has 2 aromatic rings. The number of nitro groups is 1. The molecule has 1 aliphatic carbocycles. The third-order valence-corrected chi connectivity index (χ3v) is 5.06. The van der Waals surface area contributed by atoms with Crippen molar-refractivity contribution in [2.45, 2.75) is 51.5 Å². The number of non-ortho nitro benzene ring substituents is 1. The molecule has 0 amide bonds. The highest BCUT2D eigenvalue weighted by atomic mass is 16.6. The number of fused-ring (bicyclic) bond motifs is 3. The van der Waals surface area contributed by atoms with Crippen molar-refractivity contribution in [1.82, 2.24) is 9.47 Å². The Balaban J connectivity index is 2.12. The number of aryl methyl sites for hydroxylation is 2. The van der Waals surface area contributed by atoms with Crippen LogP contribution in [0.2, 0.25) is 0 Å². The van der Waals surface area contributed by atoms with Crippen LogP contribution in [-0.4, -0.2) is 35.0 Å². The molecule has 0 fully saturated rings. The molecule has 0 bridgehead atoms. The lowest BCUT2D eigenvalue weighted by atomic mass is 9.96. The first-order chi connectivity index (χ1) is 11.6. The Morgan fingerprint density at radius 2 is 1.92 bits per heavy atom. The van der Waals surface area contributed by atoms with Crippen LogP contribution in [0.3, 0.4) is 0 Å². The van der Waals surface area contributed by atoms with Crippen LogP contribution in [0.15, 0.2) is 18.2 Å². The van der Waals surface area contributed by atoms with E-state index in [4.69, 9.17) is 0 Å². The molecule has 0 saturated heterocycles. The number of nitro benzene ring substituents is 1. The molecule has 5 heteroatoms. The summed E-state index contributed by atoms with van der Waals surface area (Å²) in [7, 11) is 4.17. The minimum Gasteiger partial charge on any atom is -0.344 e. The minimum absolute atomic E-state index is 0.217. The van der Waals surface area contributed by atoms with E-state index in [1.165, 1.54) is 30.5 Å². The number of hydrogen-bond donors (Lipinski definition) is 0. The molecule has 0 saturated carbocycles. The lowest BCUT2D eigenvalue weighted by Gasteiger charge is -2.16. The molecule has 130 valence electrons. The number of nitrogens with zero attached hydrogens (tertiary/aromatic N) is 3. The maximum atomic E-state index is 11.6. The van der Waals surface area contributed by atoms with Crippen molar-refractivity contribution >= 4 is 16.6 Å². The second-order valence-corrected chi connectivity index (χ2v) is 7.08. The largest absolute Gasteiger partial charge is 0.344 e. The fourth-order valence-corrected chi connectivity index (χ4v) is 3.97. The predicted molar refractivity (Wildman–Crippen MR) is 97.6 cm³/mol. The summed E-state index contributed by atoms with van der Waals surface area (Å²) in [5.74, 6) is 0. The van der Waals surface area contributed by atoms with Gasteiger partial charge in [0.2, 0.25) is 0 Å². The molecule has 1 heterocycles. The zero-order chi connectivity index (χ0) is 17.1. The van der Waals surface area contributed by atoms with Gasteiger partial charge in [-0.2, -0.15) is 0 Å². The van der Waals surface area contributed by atoms with Crippen molar-refractivity contribution in [2.24, 2.45) is 0 Å². The van der Waals surface area contributed by atoms with Crippen LogP contribution < -0.4 is 0 Å². The molecule has 5 nitrogen and oxygen atoms in total. The maximum Gasteiger partial charge on any atom is 0.279 e. The molecule has 0 atom stereocenters. The summed E-state index contributed by atoms with van der Waals surface area (Å²) < 4.78 is 2.37. The van der Waals surface area contributed by atoms with Crippen LogP contribution in [0.5, 0.6) is 0 Å². The Morgan fingerprint density at radius 3 is 2.62 bits per heavy atom. The first kappa shape index (κ1) is 17.0. The minimum atomic E-state index is -0.217. The molecule has 1 aliphatic rings. The van der Waals surface area contributed by atoms with Crippen molar-refractivity contribution in [3.63, 3.8) is 0 Å². The summed E-state index contributed by atoms with van der Waals surface area (Å²) in [6.07, 6.45) is 7.89. The fraction of sp³-hybridized carbons (Fsp3) is 0.579. The first-order valence-electron chi connectivity index (χ1n) is 9.01. The smallest absolute Gasteiger partial charge is 0.279 e. The third-order valence-electron chi connectivity index (χ3n) is 5.06. The van der Waals surface area contributed by atoms with Crippen molar-refractivity contribution in [3.8, 4) is 0 Å². The van der Waals surface area contributed by atoms with Gasteiger partial charge in [-0.15, -0.1) is 0 Å². The van der Waals surface area contributed by atoms with E-state index in [1.54, 1.807) is 6.07 Å². The Hall–Kier alpha value is -1.88. The topological polar surface area (TPSA) is 51.3 Å². The average Bonchev–Trinajstić information content (AvgIpc) is 2.79. The van der Waals surface area contributed by atoms with E-state index in [1.807, 2.05) is 6.07 Å². The molecule has 0 spiro atoms. The van der Waals surface area contributed by atoms with Crippen LogP contribution >= 0.6 is 0 Å². The van der Waals surface area contributed by atoms with Crippen LogP contribution in [0, 0.1) is 10.1 Å². The Kier molecular flexibility index (Phi) is 5.19. The highest BCUT2D eigenvalue weighted by Gasteiger charge is 2.24. The van der Waals surface area contributed by atoms with Crippen molar-refractivity contribution < 1.29 is 4.92 Å². The molecule has 0 unspecified atom stereocenters. The maximum absolute atomic E-state index is 11.6. The first-order valence-corrected chi connectivity index (χ1v) is 9.01. The Labute approximate surface area is 143 Å². The van der Waals surface area contributed by atoms with Gasteiger partial charge in [0.1, 0.15) is 0 Å². The lowest BCUT2D eigenvalue weighted by Crippen LogP contribution is -2.16. The van der Waals surface area contributed by atoms with Crippen LogP contribution in [0.1, 0.15) is 43.4 Å². The molecule has 1 aromatic heterocycles. The van der Waals surface area contributed by atoms with Crippen molar-refractivity contribution in [1.29, 1.82) is 0 Å². The van der Waals surface area contributed by atoms with Gasteiger partial charge in [0.15, 0.2) is 0 Å². The van der Waals surface area contributed by atoms with E-state index in [2.05, 4.69) is 29.6 Å². The molecule has 1 aromatic carbocycles. The quantitative estimate of drug-likeness (QED) is 0.611. The SMILES string of the molecule is CN(C)CCCn1c2c(c3c([N+](=O)[O-])cccc31)CCCCCC2. The lowest BCUT2D eigenvalue weighted by molar-refractivity contribution is -0.383. The van der Waals surface area contributed by atoms with E-state index in [0.717, 1.165) is 49.7 Å². The molecular formula is C19H27N3O2. The Bertz CT molecular complexity index is 734. The summed E-state index contributed by atoms with van der Waals surface area (Å²) in [5, 5.41) is 12.4. The average molecular weight is 329 g/mol. The van der Waals surface area contributed by atoms with Gasteiger partial charge in [-0.05, 0) is 64.4 Å². The zero-order valence-electron chi connectivity index (χ0n) is 14.8. The number of rotatable bonds is 5. The van der Waals surface area contributed by atoms with Crippen LogP contribution in [0.4, 0.5) is 5.69 Å². The molecule has 0 N–H and O–H groups in total. The summed E-state index contributed by atoms with van der Waals surface area (Å²) >= 11 is 0. The summed E-state index contributed by atoms with van der Waals surface area (Å²) in [5.41, 5.74) is 3.91. The van der Waals surface area contributed by atoms with Crippen molar-refractivity contribution in [2.75, 3.05) is 20.6 Å². The van der Waals surface area contributed by atoms with Crippen LogP contribution in [0.25, 0.3) is 10.9 Å². The fourth-order valence-electron chi connectivity index (χ4n) is 3.97. The van der Waals surface area contributed by atoms with E-state index < -0.39 is 0 Å². The molecule has 0 aliphatic heterocycles. The monoisotopic (exact) mass is 329 g/mol. The zero-order valence-corrected chi connectivity index (χ0v) is 14.8. The van der Waals surface area contributed by atoms with Gasteiger partial charge in [-0.1, -0.05) is 18.9 Å². The van der Waals surface area contributed by atoms with E-state index >= 15 is 0 Å². The van der Waals surface area contributed by atoms with Gasteiger partial charge in [-0.3, -0.25) is 10.1 Å². The molecule has 24 heavy (non-hydrogen) atoms. The highest BCUT2D eigenvalue weighted by Crippen LogP contribution is 2.36. The van der Waals surface area contributed by atoms with Gasteiger partial charge in [-0.25, -0.2) is 0 Å². The van der Waals surface area contributed by atoms with Gasteiger partial charge < -0.3 is 9.47 Å². The number of hydrogen-bond acceptors (Lipinski definition) is 3. The predicted octanol–water partition coefficient (Wildman–Crippen LogP) is 4.16. The van der Waals surface area contributed by atoms with Gasteiger partial charge in [0.05, 0.1) is 15.8 Å². The standard InChI is InChI=1S/C19H27N3O2/c1-20(2)13-8-14-21-16-10-6-4-3-5-9-15(16)19-17(21)11-7-12-18(19)22(23)24/h7,11-12H,3-6,8-10,13-14H2,1-2H3. The van der Waals surface area contributed by atoms with Gasteiger partial charge in [0.25, 0.3) is 5.69 Å². The Morgan fingerprint density at radius 1 is 1.17 bits per heavy atom. The third kappa shape index (κ3) is 3.31. The number of benzene rings is 1. The van der Waals surface area contributed by atoms with Crippen molar-refractivity contribution in [3.05, 3.63) is 39.6 Å². The summed E-state index contributed by atoms with van der Waals surface area (Å²) in [6.45, 7) is 1.97. The van der Waals surface area contributed by atoms with Crippen LogP contribution in [-0.2, 0) is 19.4 Å². The summed E-state index contributed by atoms with van der Waals surface area (Å²) in [6, 6.07) is 5.55. The summed E-state index contributed by atoms with van der Waals surface area (Å²) in [4.78, 5) is 13.5. The highest BCUT2D eigenvalue weighted by molar-refractivity contribution is 5.93. The van der Waals surface area contributed by atoms with E-state index in [-0.39, 0.29) is 10.6 Å². The second-order valence-electron chi connectivity index (χ2n) is 7.08. The second kappa shape index (κ2) is 7.34. The molecule has 0 radical (unpaired) electrons.